The van der Waals surface area contributed by atoms with Gasteiger partial charge in [-0.05, 0) is 52.6 Å². The number of aromatic hydroxyl groups is 2. The third-order valence-corrected chi connectivity index (χ3v) is 4.81. The van der Waals surface area contributed by atoms with Crippen molar-refractivity contribution in [1.82, 2.24) is 0 Å². The van der Waals surface area contributed by atoms with E-state index >= 15 is 0 Å². The number of anilines is 2. The van der Waals surface area contributed by atoms with Gasteiger partial charge in [0.25, 0.3) is 0 Å². The average molecular weight is 401 g/mol. The Morgan fingerprint density at radius 2 is 0.900 bits per heavy atom. The van der Waals surface area contributed by atoms with E-state index in [0.29, 0.717) is 0 Å². The van der Waals surface area contributed by atoms with E-state index in [-0.39, 0.29) is 11.5 Å². The molecule has 0 spiro atoms. The zero-order valence-corrected chi connectivity index (χ0v) is 17.9. The molecule has 0 atom stereocenters. The van der Waals surface area contributed by atoms with Crippen LogP contribution in [0.3, 0.4) is 0 Å². The van der Waals surface area contributed by atoms with Crippen molar-refractivity contribution in [3.8, 4) is 11.5 Å². The molecule has 2 N–H and O–H groups in total. The second kappa shape index (κ2) is 9.23. The standard InChI is InChI=1S/C26H28N2O2/c1-27(2)23-14-12-21(17-25(23)29)10-8-19-6-5-7-20(16-19)9-11-22-13-15-24(28(3)4)26(30)18-22/h5-18,29-30H,1-4H3/b10-8+,11-9+. The summed E-state index contributed by atoms with van der Waals surface area (Å²) in [7, 11) is 7.62. The Labute approximate surface area is 178 Å². The quantitative estimate of drug-likeness (QED) is 0.531. The first-order valence-corrected chi connectivity index (χ1v) is 9.80. The molecule has 0 saturated carbocycles. The molecule has 30 heavy (non-hydrogen) atoms. The molecule has 0 heterocycles. The highest BCUT2D eigenvalue weighted by Gasteiger charge is 2.04. The lowest BCUT2D eigenvalue weighted by Gasteiger charge is -2.14. The Balaban J connectivity index is 1.75. The van der Waals surface area contributed by atoms with E-state index in [0.717, 1.165) is 33.6 Å². The Morgan fingerprint density at radius 3 is 1.23 bits per heavy atom. The second-order valence-electron chi connectivity index (χ2n) is 7.62. The molecular weight excluding hydrogens is 372 g/mol. The number of hydrogen-bond acceptors (Lipinski definition) is 4. The summed E-state index contributed by atoms with van der Waals surface area (Å²) in [4.78, 5) is 3.76. The van der Waals surface area contributed by atoms with E-state index in [1.807, 2.05) is 105 Å². The van der Waals surface area contributed by atoms with Gasteiger partial charge in [0.15, 0.2) is 0 Å². The van der Waals surface area contributed by atoms with Gasteiger partial charge in [-0.2, -0.15) is 0 Å². The van der Waals surface area contributed by atoms with Crippen molar-refractivity contribution in [2.75, 3.05) is 38.0 Å². The fourth-order valence-electron chi connectivity index (χ4n) is 3.20. The predicted octanol–water partition coefficient (Wildman–Crippen LogP) is 5.57. The molecule has 3 aromatic carbocycles. The van der Waals surface area contributed by atoms with Crippen molar-refractivity contribution in [2.45, 2.75) is 0 Å². The molecule has 0 aliphatic carbocycles. The van der Waals surface area contributed by atoms with Crippen LogP contribution in [-0.4, -0.2) is 38.4 Å². The molecule has 0 radical (unpaired) electrons. The molecule has 0 aliphatic heterocycles. The van der Waals surface area contributed by atoms with Crippen LogP contribution in [-0.2, 0) is 0 Å². The van der Waals surface area contributed by atoms with Gasteiger partial charge in [-0.25, -0.2) is 0 Å². The van der Waals surface area contributed by atoms with Gasteiger partial charge in [-0.3, -0.25) is 0 Å². The number of hydrogen-bond donors (Lipinski definition) is 2. The maximum absolute atomic E-state index is 10.1. The van der Waals surface area contributed by atoms with Crippen LogP contribution in [0.5, 0.6) is 11.5 Å². The summed E-state index contributed by atoms with van der Waals surface area (Å²) in [6.45, 7) is 0. The van der Waals surface area contributed by atoms with Crippen molar-refractivity contribution in [3.63, 3.8) is 0 Å². The van der Waals surface area contributed by atoms with Crippen LogP contribution < -0.4 is 9.80 Å². The van der Waals surface area contributed by atoms with Crippen molar-refractivity contribution < 1.29 is 10.2 Å². The summed E-state index contributed by atoms with van der Waals surface area (Å²) in [5.41, 5.74) is 5.61. The molecule has 3 aromatic rings. The Morgan fingerprint density at radius 1 is 0.533 bits per heavy atom. The van der Waals surface area contributed by atoms with Gasteiger partial charge in [0, 0.05) is 28.2 Å². The van der Waals surface area contributed by atoms with Gasteiger partial charge >= 0.3 is 0 Å². The lowest BCUT2D eigenvalue weighted by molar-refractivity contribution is 0.475. The molecule has 154 valence electrons. The number of benzene rings is 3. The number of phenolic OH excluding ortho intramolecular Hbond substituents is 2. The minimum absolute atomic E-state index is 0.266. The third-order valence-electron chi connectivity index (χ3n) is 4.81. The van der Waals surface area contributed by atoms with E-state index in [4.69, 9.17) is 0 Å². The highest BCUT2D eigenvalue weighted by Crippen LogP contribution is 2.28. The molecule has 0 aromatic heterocycles. The molecule has 0 bridgehead atoms. The summed E-state index contributed by atoms with van der Waals surface area (Å²) in [5, 5.41) is 20.3. The van der Waals surface area contributed by atoms with E-state index in [1.54, 1.807) is 12.1 Å². The molecule has 4 nitrogen and oxygen atoms in total. The van der Waals surface area contributed by atoms with Crippen molar-refractivity contribution >= 4 is 35.7 Å². The fraction of sp³-hybridized carbons (Fsp3) is 0.154. The number of nitrogens with zero attached hydrogens (tertiary/aromatic N) is 2. The van der Waals surface area contributed by atoms with Crippen molar-refractivity contribution in [3.05, 3.63) is 82.9 Å². The lowest BCUT2D eigenvalue weighted by Crippen LogP contribution is -2.08. The summed E-state index contributed by atoms with van der Waals surface area (Å²) in [6, 6.07) is 19.5. The summed E-state index contributed by atoms with van der Waals surface area (Å²) in [6.07, 6.45) is 8.03. The van der Waals surface area contributed by atoms with Gasteiger partial charge in [0.1, 0.15) is 11.5 Å². The van der Waals surface area contributed by atoms with Crippen LogP contribution in [0.15, 0.2) is 60.7 Å². The van der Waals surface area contributed by atoms with Crippen molar-refractivity contribution in [2.24, 2.45) is 0 Å². The first kappa shape index (κ1) is 21.1. The Bertz CT molecular complexity index is 999. The lowest BCUT2D eigenvalue weighted by atomic mass is 10.1. The molecule has 0 saturated heterocycles. The third kappa shape index (κ3) is 5.23. The molecule has 0 amide bonds. The van der Waals surface area contributed by atoms with Gasteiger partial charge in [0.05, 0.1) is 11.4 Å². The van der Waals surface area contributed by atoms with Gasteiger partial charge in [-0.1, -0.05) is 54.6 Å². The molecular formula is C26H28N2O2. The van der Waals surface area contributed by atoms with Gasteiger partial charge in [0.2, 0.25) is 0 Å². The van der Waals surface area contributed by atoms with Crippen LogP contribution in [0.2, 0.25) is 0 Å². The van der Waals surface area contributed by atoms with Gasteiger partial charge < -0.3 is 20.0 Å². The maximum atomic E-state index is 10.1. The Hall–Kier alpha value is -3.66. The molecule has 0 fully saturated rings. The van der Waals surface area contributed by atoms with Gasteiger partial charge in [-0.15, -0.1) is 0 Å². The minimum Gasteiger partial charge on any atom is -0.506 e. The zero-order valence-electron chi connectivity index (χ0n) is 17.9. The SMILES string of the molecule is CN(C)c1ccc(/C=C/c2cccc(/C=C/c3ccc(N(C)C)c(O)c3)c2)cc1O. The topological polar surface area (TPSA) is 46.9 Å². The zero-order chi connectivity index (χ0) is 21.7. The normalized spacial score (nSPS) is 11.3. The number of rotatable bonds is 6. The number of phenols is 2. The van der Waals surface area contributed by atoms with E-state index in [1.165, 1.54) is 0 Å². The highest BCUT2D eigenvalue weighted by molar-refractivity contribution is 5.76. The second-order valence-corrected chi connectivity index (χ2v) is 7.62. The summed E-state index contributed by atoms with van der Waals surface area (Å²) in [5.74, 6) is 0.532. The van der Waals surface area contributed by atoms with Crippen LogP contribution in [0, 0.1) is 0 Å². The van der Waals surface area contributed by atoms with E-state index in [2.05, 4.69) is 6.07 Å². The van der Waals surface area contributed by atoms with Crippen LogP contribution in [0.25, 0.3) is 24.3 Å². The monoisotopic (exact) mass is 400 g/mol. The highest BCUT2D eigenvalue weighted by atomic mass is 16.3. The summed E-state index contributed by atoms with van der Waals surface area (Å²) < 4.78 is 0. The van der Waals surface area contributed by atoms with Crippen LogP contribution in [0.1, 0.15) is 22.3 Å². The van der Waals surface area contributed by atoms with E-state index < -0.39 is 0 Å². The van der Waals surface area contributed by atoms with Crippen LogP contribution >= 0.6 is 0 Å². The largest absolute Gasteiger partial charge is 0.506 e. The predicted molar refractivity (Wildman–Crippen MR) is 129 cm³/mol. The minimum atomic E-state index is 0.266. The first-order valence-electron chi connectivity index (χ1n) is 9.80. The van der Waals surface area contributed by atoms with E-state index in [9.17, 15) is 10.2 Å². The average Bonchev–Trinajstić information content (AvgIpc) is 2.70. The first-order chi connectivity index (χ1) is 14.3. The molecule has 0 aliphatic rings. The summed E-state index contributed by atoms with van der Waals surface area (Å²) >= 11 is 0. The molecule has 3 rings (SSSR count). The molecule has 0 unspecified atom stereocenters. The maximum Gasteiger partial charge on any atom is 0.139 e. The smallest absolute Gasteiger partial charge is 0.139 e. The Kier molecular flexibility index (Phi) is 6.48. The molecule has 4 heteroatoms. The van der Waals surface area contributed by atoms with Crippen LogP contribution in [0.4, 0.5) is 11.4 Å². The fourth-order valence-corrected chi connectivity index (χ4v) is 3.20. The van der Waals surface area contributed by atoms with Crippen molar-refractivity contribution in [1.29, 1.82) is 0 Å².